The van der Waals surface area contributed by atoms with Crippen LogP contribution < -0.4 is 10.6 Å². The molecule has 3 N–H and O–H groups in total. The van der Waals surface area contributed by atoms with Gasteiger partial charge in [0, 0.05) is 42.5 Å². The van der Waals surface area contributed by atoms with Crippen molar-refractivity contribution in [2.75, 3.05) is 23.8 Å². The Hall–Kier alpha value is -3.91. The summed E-state index contributed by atoms with van der Waals surface area (Å²) in [6.07, 6.45) is 4.91. The van der Waals surface area contributed by atoms with Gasteiger partial charge in [-0.15, -0.1) is 0 Å². The zero-order valence-corrected chi connectivity index (χ0v) is 18.1. The van der Waals surface area contributed by atoms with E-state index in [9.17, 15) is 14.7 Å². The highest BCUT2D eigenvalue weighted by molar-refractivity contribution is 6.04. The van der Waals surface area contributed by atoms with Crippen molar-refractivity contribution in [3.8, 4) is 5.75 Å². The van der Waals surface area contributed by atoms with Gasteiger partial charge in [0.2, 0.25) is 0 Å². The molecular formula is C25H26N4O4. The van der Waals surface area contributed by atoms with Crippen LogP contribution in [-0.4, -0.2) is 46.2 Å². The molecule has 2 heterocycles. The maximum Gasteiger partial charge on any atom is 0.322 e. The molecule has 33 heavy (non-hydrogen) atoms. The van der Waals surface area contributed by atoms with Gasteiger partial charge in [-0.05, 0) is 49.2 Å². The molecule has 3 amide bonds. The number of aromatic hydroxyl groups is 1. The molecule has 1 atom stereocenters. The van der Waals surface area contributed by atoms with Gasteiger partial charge in [-0.3, -0.25) is 9.78 Å². The first kappa shape index (κ1) is 22.3. The Morgan fingerprint density at radius 1 is 1.06 bits per heavy atom. The fraction of sp³-hybridized carbons (Fsp3) is 0.240. The molecule has 0 unspecified atom stereocenters. The number of ether oxygens (including phenoxy) is 1. The van der Waals surface area contributed by atoms with Crippen molar-refractivity contribution in [3.05, 3.63) is 84.2 Å². The topological polar surface area (TPSA) is 104 Å². The van der Waals surface area contributed by atoms with E-state index >= 15 is 0 Å². The number of anilines is 2. The molecule has 8 nitrogen and oxygen atoms in total. The van der Waals surface area contributed by atoms with E-state index in [4.69, 9.17) is 4.74 Å². The Balaban J connectivity index is 1.46. The summed E-state index contributed by atoms with van der Waals surface area (Å²) >= 11 is 0. The maximum atomic E-state index is 13.2. The molecule has 0 aliphatic carbocycles. The first-order chi connectivity index (χ1) is 16.1. The van der Waals surface area contributed by atoms with Gasteiger partial charge in [-0.25, -0.2) is 4.79 Å². The van der Waals surface area contributed by atoms with Crippen LogP contribution in [0.3, 0.4) is 0 Å². The van der Waals surface area contributed by atoms with Crippen LogP contribution in [0.25, 0.3) is 0 Å². The number of phenols is 1. The van der Waals surface area contributed by atoms with Gasteiger partial charge < -0.3 is 25.4 Å². The number of urea groups is 1. The second-order valence-corrected chi connectivity index (χ2v) is 7.85. The number of para-hydroxylation sites is 1. The quantitative estimate of drug-likeness (QED) is 0.503. The van der Waals surface area contributed by atoms with Crippen molar-refractivity contribution >= 4 is 23.3 Å². The smallest absolute Gasteiger partial charge is 0.322 e. The van der Waals surface area contributed by atoms with E-state index < -0.39 is 0 Å². The first-order valence-electron chi connectivity index (χ1n) is 10.8. The highest BCUT2D eigenvalue weighted by Crippen LogP contribution is 2.22. The summed E-state index contributed by atoms with van der Waals surface area (Å²) < 4.78 is 5.72. The number of pyridine rings is 1. The first-order valence-corrected chi connectivity index (χ1v) is 10.8. The predicted octanol–water partition coefficient (Wildman–Crippen LogP) is 4.25. The van der Waals surface area contributed by atoms with Crippen LogP contribution >= 0.6 is 0 Å². The highest BCUT2D eigenvalue weighted by Gasteiger charge is 2.23. The van der Waals surface area contributed by atoms with Gasteiger partial charge in [0.05, 0.1) is 18.2 Å². The van der Waals surface area contributed by atoms with Crippen molar-refractivity contribution in [1.29, 1.82) is 0 Å². The Kier molecular flexibility index (Phi) is 7.16. The standard InChI is InChI=1S/C25H26N4O4/c30-23-11-2-1-6-19(23)16-29(17-22-10-5-13-33-22)25(32)28-21-9-3-8-20(14-21)27-24(31)18-7-4-12-26-15-18/h1-4,6-9,11-12,14-15,22,30H,5,10,13,16-17H2,(H,27,31)(H,28,32)/t22-/m0/s1. The number of rotatable bonds is 7. The number of benzene rings is 2. The Morgan fingerprint density at radius 2 is 1.88 bits per heavy atom. The van der Waals surface area contributed by atoms with Gasteiger partial charge in [-0.1, -0.05) is 24.3 Å². The minimum Gasteiger partial charge on any atom is -0.508 e. The van der Waals surface area contributed by atoms with Gasteiger partial charge in [-0.2, -0.15) is 0 Å². The number of nitrogens with zero attached hydrogens (tertiary/aromatic N) is 2. The van der Waals surface area contributed by atoms with Crippen LogP contribution in [0.5, 0.6) is 5.75 Å². The normalized spacial score (nSPS) is 15.1. The zero-order valence-electron chi connectivity index (χ0n) is 18.1. The van der Waals surface area contributed by atoms with E-state index in [0.29, 0.717) is 35.7 Å². The molecule has 3 aromatic rings. The molecule has 1 aliphatic heterocycles. The number of hydrogen-bond acceptors (Lipinski definition) is 5. The fourth-order valence-electron chi connectivity index (χ4n) is 3.68. The summed E-state index contributed by atoms with van der Waals surface area (Å²) in [6.45, 7) is 1.35. The van der Waals surface area contributed by atoms with Crippen molar-refractivity contribution in [2.24, 2.45) is 0 Å². The number of phenolic OH excluding ortho intramolecular Hbond substituents is 1. The van der Waals surface area contributed by atoms with Crippen molar-refractivity contribution in [1.82, 2.24) is 9.88 Å². The average molecular weight is 447 g/mol. The van der Waals surface area contributed by atoms with Gasteiger partial charge in [0.1, 0.15) is 5.75 Å². The van der Waals surface area contributed by atoms with Crippen LogP contribution in [0.4, 0.5) is 16.2 Å². The van der Waals surface area contributed by atoms with Crippen LogP contribution in [0.1, 0.15) is 28.8 Å². The lowest BCUT2D eigenvalue weighted by Gasteiger charge is -2.26. The second kappa shape index (κ2) is 10.6. The van der Waals surface area contributed by atoms with Crippen LogP contribution in [0.15, 0.2) is 73.1 Å². The Labute approximate surface area is 192 Å². The van der Waals surface area contributed by atoms with Crippen LogP contribution in [0.2, 0.25) is 0 Å². The number of aromatic nitrogens is 1. The molecule has 8 heteroatoms. The molecule has 0 bridgehead atoms. The van der Waals surface area contributed by atoms with Crippen molar-refractivity contribution in [2.45, 2.75) is 25.5 Å². The SMILES string of the molecule is O=C(Nc1cccc(NC(=O)N(Cc2ccccc2O)C[C@@H]2CCCO2)c1)c1cccnc1. The lowest BCUT2D eigenvalue weighted by Crippen LogP contribution is -2.39. The maximum absolute atomic E-state index is 13.2. The molecule has 4 rings (SSSR count). The number of hydrogen-bond donors (Lipinski definition) is 3. The van der Waals surface area contributed by atoms with Crippen molar-refractivity contribution < 1.29 is 19.4 Å². The molecule has 2 aromatic carbocycles. The molecular weight excluding hydrogens is 420 g/mol. The van der Waals surface area contributed by atoms with E-state index in [-0.39, 0.29) is 30.3 Å². The van der Waals surface area contributed by atoms with E-state index in [1.165, 1.54) is 6.20 Å². The third-order valence-electron chi connectivity index (χ3n) is 5.38. The molecule has 1 saturated heterocycles. The number of carbonyl (C=O) groups excluding carboxylic acids is 2. The predicted molar refractivity (Wildman–Crippen MR) is 125 cm³/mol. The summed E-state index contributed by atoms with van der Waals surface area (Å²) in [5.74, 6) is -0.145. The minimum absolute atomic E-state index is 0.0355. The van der Waals surface area contributed by atoms with Gasteiger partial charge in [0.25, 0.3) is 5.91 Å². The lowest BCUT2D eigenvalue weighted by molar-refractivity contribution is 0.0817. The van der Waals surface area contributed by atoms with Crippen LogP contribution in [0, 0.1) is 0 Å². The van der Waals surface area contributed by atoms with E-state index in [2.05, 4.69) is 15.6 Å². The molecule has 0 spiro atoms. The highest BCUT2D eigenvalue weighted by atomic mass is 16.5. The Morgan fingerprint density at radius 3 is 2.61 bits per heavy atom. The summed E-state index contributed by atoms with van der Waals surface area (Å²) in [4.78, 5) is 31.1. The van der Waals surface area contributed by atoms with E-state index in [1.54, 1.807) is 65.7 Å². The summed E-state index contributed by atoms with van der Waals surface area (Å²) in [7, 11) is 0. The molecule has 170 valence electrons. The largest absolute Gasteiger partial charge is 0.508 e. The number of amides is 3. The summed E-state index contributed by atoms with van der Waals surface area (Å²) in [5.41, 5.74) is 2.19. The molecule has 0 radical (unpaired) electrons. The molecule has 1 aromatic heterocycles. The summed E-state index contributed by atoms with van der Waals surface area (Å²) in [6, 6.07) is 17.0. The minimum atomic E-state index is -0.315. The van der Waals surface area contributed by atoms with E-state index in [0.717, 1.165) is 12.8 Å². The number of nitrogens with one attached hydrogen (secondary N) is 2. The average Bonchev–Trinajstić information content (AvgIpc) is 3.34. The third-order valence-corrected chi connectivity index (χ3v) is 5.38. The van der Waals surface area contributed by atoms with E-state index in [1.807, 2.05) is 6.07 Å². The lowest BCUT2D eigenvalue weighted by atomic mass is 10.1. The zero-order chi connectivity index (χ0) is 23.0. The second-order valence-electron chi connectivity index (χ2n) is 7.85. The molecule has 1 aliphatic rings. The monoisotopic (exact) mass is 446 g/mol. The fourth-order valence-corrected chi connectivity index (χ4v) is 3.68. The van der Waals surface area contributed by atoms with Gasteiger partial charge in [0.15, 0.2) is 0 Å². The molecule has 0 saturated carbocycles. The number of carbonyl (C=O) groups is 2. The third kappa shape index (κ3) is 6.08. The van der Waals surface area contributed by atoms with Gasteiger partial charge >= 0.3 is 6.03 Å². The van der Waals surface area contributed by atoms with Crippen LogP contribution in [-0.2, 0) is 11.3 Å². The molecule has 1 fully saturated rings. The van der Waals surface area contributed by atoms with Crippen molar-refractivity contribution in [3.63, 3.8) is 0 Å². The Bertz CT molecular complexity index is 1100. The summed E-state index contributed by atoms with van der Waals surface area (Å²) in [5, 5.41) is 15.9.